The molecule has 0 aromatic carbocycles. The minimum Gasteiger partial charge on any atom is -0.394 e. The van der Waals surface area contributed by atoms with E-state index in [1.165, 1.54) is 0 Å². The zero-order valence-electron chi connectivity index (χ0n) is 11.4. The minimum atomic E-state index is 0.0671. The fourth-order valence-corrected chi connectivity index (χ4v) is 2.06. The molecule has 0 bridgehead atoms. The van der Waals surface area contributed by atoms with Crippen molar-refractivity contribution in [2.45, 2.75) is 26.4 Å². The van der Waals surface area contributed by atoms with Gasteiger partial charge in [-0.3, -0.25) is 4.68 Å². The Hall–Kier alpha value is -2.28. The van der Waals surface area contributed by atoms with Crippen LogP contribution in [0.1, 0.15) is 19.9 Å². The van der Waals surface area contributed by atoms with Gasteiger partial charge in [-0.25, -0.2) is 9.67 Å². The molecule has 3 aromatic heterocycles. The first-order valence-corrected chi connectivity index (χ1v) is 6.54. The van der Waals surface area contributed by atoms with E-state index in [1.807, 2.05) is 32.2 Å². The Balaban J connectivity index is 2.04. The number of aliphatic hydroxyl groups is 1. The van der Waals surface area contributed by atoms with Crippen molar-refractivity contribution < 1.29 is 5.11 Å². The first-order valence-electron chi connectivity index (χ1n) is 6.54. The second-order valence-electron chi connectivity index (χ2n) is 4.88. The van der Waals surface area contributed by atoms with Crippen molar-refractivity contribution in [2.75, 3.05) is 6.61 Å². The monoisotopic (exact) mass is 272 g/mol. The van der Waals surface area contributed by atoms with E-state index in [2.05, 4.69) is 20.4 Å². The normalized spacial score (nSPS) is 11.6. The third-order valence-electron chi connectivity index (χ3n) is 3.07. The number of aliphatic hydroxyl groups excluding tert-OH is 1. The van der Waals surface area contributed by atoms with Crippen molar-refractivity contribution in [1.82, 2.24) is 29.8 Å². The third-order valence-corrected chi connectivity index (χ3v) is 3.07. The molecule has 0 radical (unpaired) electrons. The van der Waals surface area contributed by atoms with Gasteiger partial charge in [0.15, 0.2) is 5.65 Å². The average Bonchev–Trinajstić information content (AvgIpc) is 3.04. The smallest absolute Gasteiger partial charge is 0.179 e. The van der Waals surface area contributed by atoms with Crippen LogP contribution in [-0.2, 0) is 6.54 Å². The molecule has 0 aliphatic rings. The van der Waals surface area contributed by atoms with Gasteiger partial charge in [-0.05, 0) is 26.0 Å². The summed E-state index contributed by atoms with van der Waals surface area (Å²) >= 11 is 0. The summed E-state index contributed by atoms with van der Waals surface area (Å²) in [6.07, 6.45) is 3.61. The molecule has 1 N–H and O–H groups in total. The molecule has 0 aliphatic carbocycles. The van der Waals surface area contributed by atoms with E-state index in [0.717, 1.165) is 22.4 Å². The van der Waals surface area contributed by atoms with Crippen molar-refractivity contribution in [2.24, 2.45) is 0 Å². The lowest BCUT2D eigenvalue weighted by Gasteiger charge is -2.05. The highest BCUT2D eigenvalue weighted by Crippen LogP contribution is 2.20. The summed E-state index contributed by atoms with van der Waals surface area (Å²) in [6, 6.07) is 4.02. The Bertz CT molecular complexity index is 729. The van der Waals surface area contributed by atoms with E-state index in [0.29, 0.717) is 6.54 Å². The zero-order valence-corrected chi connectivity index (χ0v) is 11.4. The lowest BCUT2D eigenvalue weighted by atomic mass is 10.2. The second-order valence-corrected chi connectivity index (χ2v) is 4.88. The van der Waals surface area contributed by atoms with Crippen molar-refractivity contribution in [3.8, 4) is 11.3 Å². The van der Waals surface area contributed by atoms with Gasteiger partial charge in [0.1, 0.15) is 5.52 Å². The van der Waals surface area contributed by atoms with Gasteiger partial charge >= 0.3 is 0 Å². The summed E-state index contributed by atoms with van der Waals surface area (Å²) in [7, 11) is 0. The van der Waals surface area contributed by atoms with Crippen LogP contribution < -0.4 is 0 Å². The van der Waals surface area contributed by atoms with Crippen molar-refractivity contribution in [3.63, 3.8) is 0 Å². The molecule has 0 saturated heterocycles. The largest absolute Gasteiger partial charge is 0.394 e. The Morgan fingerprint density at radius 1 is 1.30 bits per heavy atom. The summed E-state index contributed by atoms with van der Waals surface area (Å²) in [5.74, 6) is 0. The Morgan fingerprint density at radius 2 is 2.15 bits per heavy atom. The van der Waals surface area contributed by atoms with Crippen LogP contribution in [0.15, 0.2) is 24.5 Å². The molecule has 3 rings (SSSR count). The molecule has 0 atom stereocenters. The molecule has 7 heteroatoms. The molecule has 0 saturated carbocycles. The van der Waals surface area contributed by atoms with E-state index >= 15 is 0 Å². The molecular formula is C13H16N6O. The average molecular weight is 272 g/mol. The lowest BCUT2D eigenvalue weighted by molar-refractivity contribution is 0.269. The van der Waals surface area contributed by atoms with Gasteiger partial charge in [-0.15, -0.1) is 5.10 Å². The van der Waals surface area contributed by atoms with Crippen LogP contribution in [-0.4, -0.2) is 41.5 Å². The number of hydrogen-bond acceptors (Lipinski definition) is 5. The van der Waals surface area contributed by atoms with E-state index in [4.69, 9.17) is 5.11 Å². The zero-order chi connectivity index (χ0) is 14.1. The predicted molar refractivity (Wildman–Crippen MR) is 74.0 cm³/mol. The fraction of sp³-hybridized carbons (Fsp3) is 0.385. The summed E-state index contributed by atoms with van der Waals surface area (Å²) in [5.41, 5.74) is 3.29. The van der Waals surface area contributed by atoms with Gasteiger partial charge < -0.3 is 5.11 Å². The summed E-state index contributed by atoms with van der Waals surface area (Å²) in [6.45, 7) is 4.63. The van der Waals surface area contributed by atoms with Crippen LogP contribution in [0.2, 0.25) is 0 Å². The van der Waals surface area contributed by atoms with Crippen LogP contribution in [0.25, 0.3) is 22.4 Å². The summed E-state index contributed by atoms with van der Waals surface area (Å²) < 4.78 is 3.50. The number of hydrogen-bond donors (Lipinski definition) is 1. The third kappa shape index (κ3) is 2.16. The van der Waals surface area contributed by atoms with Gasteiger partial charge in [0.2, 0.25) is 0 Å². The quantitative estimate of drug-likeness (QED) is 0.773. The minimum absolute atomic E-state index is 0.0671. The molecule has 0 amide bonds. The number of pyridine rings is 1. The fourth-order valence-electron chi connectivity index (χ4n) is 2.06. The molecule has 3 heterocycles. The molecule has 0 aliphatic heterocycles. The number of rotatable bonds is 4. The highest BCUT2D eigenvalue weighted by molar-refractivity contribution is 5.74. The van der Waals surface area contributed by atoms with Gasteiger partial charge in [0.25, 0.3) is 0 Å². The van der Waals surface area contributed by atoms with Gasteiger partial charge in [-0.1, -0.05) is 5.21 Å². The maximum Gasteiger partial charge on any atom is 0.179 e. The van der Waals surface area contributed by atoms with Gasteiger partial charge in [0, 0.05) is 11.8 Å². The number of fused-ring (bicyclic) bond motifs is 1. The van der Waals surface area contributed by atoms with E-state index in [-0.39, 0.29) is 12.6 Å². The summed E-state index contributed by atoms with van der Waals surface area (Å²) in [4.78, 5) is 4.62. The Morgan fingerprint density at radius 3 is 2.90 bits per heavy atom. The van der Waals surface area contributed by atoms with E-state index in [9.17, 15) is 0 Å². The Labute approximate surface area is 115 Å². The molecule has 0 unspecified atom stereocenters. The molecule has 20 heavy (non-hydrogen) atoms. The maximum atomic E-state index is 8.91. The van der Waals surface area contributed by atoms with Crippen LogP contribution in [0.4, 0.5) is 0 Å². The standard InChI is InChI=1S/C13H16N6O/c1-9(2)19-13-12(16-17-19)4-3-11(15-13)10-7-14-18(8-10)5-6-20/h3-4,7-9,20H,5-6H2,1-2H3. The summed E-state index contributed by atoms with van der Waals surface area (Å²) in [5, 5.41) is 21.3. The van der Waals surface area contributed by atoms with E-state index in [1.54, 1.807) is 15.6 Å². The highest BCUT2D eigenvalue weighted by atomic mass is 16.3. The number of nitrogens with zero attached hydrogens (tertiary/aromatic N) is 6. The second kappa shape index (κ2) is 5.01. The molecule has 7 nitrogen and oxygen atoms in total. The van der Waals surface area contributed by atoms with Crippen LogP contribution >= 0.6 is 0 Å². The lowest BCUT2D eigenvalue weighted by Crippen LogP contribution is -2.04. The number of aromatic nitrogens is 6. The first kappa shape index (κ1) is 12.7. The predicted octanol–water partition coefficient (Wildman–Crippen LogP) is 1.26. The first-order chi connectivity index (χ1) is 9.69. The topological polar surface area (TPSA) is 81.7 Å². The SMILES string of the molecule is CC(C)n1nnc2ccc(-c3cnn(CCO)c3)nc21. The van der Waals surface area contributed by atoms with Crippen LogP contribution in [0.3, 0.4) is 0 Å². The van der Waals surface area contributed by atoms with Crippen molar-refractivity contribution >= 4 is 11.2 Å². The highest BCUT2D eigenvalue weighted by Gasteiger charge is 2.11. The maximum absolute atomic E-state index is 8.91. The van der Waals surface area contributed by atoms with Gasteiger partial charge in [-0.2, -0.15) is 5.10 Å². The molecule has 0 spiro atoms. The molecule has 3 aromatic rings. The molecule has 104 valence electrons. The Kier molecular flexibility index (Phi) is 3.19. The van der Waals surface area contributed by atoms with Crippen LogP contribution in [0, 0.1) is 0 Å². The van der Waals surface area contributed by atoms with Crippen molar-refractivity contribution in [1.29, 1.82) is 0 Å². The van der Waals surface area contributed by atoms with Crippen LogP contribution in [0.5, 0.6) is 0 Å². The van der Waals surface area contributed by atoms with E-state index < -0.39 is 0 Å². The molecular weight excluding hydrogens is 256 g/mol. The molecule has 0 fully saturated rings. The van der Waals surface area contributed by atoms with Crippen molar-refractivity contribution in [3.05, 3.63) is 24.5 Å². The van der Waals surface area contributed by atoms with Gasteiger partial charge in [0.05, 0.1) is 31.1 Å².